The average molecular weight is 98.1 g/mol. The molecule has 1 heterocycles. The first-order valence-electron chi connectivity index (χ1n) is 2.02. The summed E-state index contributed by atoms with van der Waals surface area (Å²) in [6.07, 6.45) is 2.94. The van der Waals surface area contributed by atoms with Gasteiger partial charge in [0, 0.05) is 19.4 Å². The number of hydrogen-bond acceptors (Lipinski definition) is 3. The van der Waals surface area contributed by atoms with Crippen LogP contribution in [0, 0.1) is 0 Å². The molecule has 0 fully saturated rings. The van der Waals surface area contributed by atoms with Crippen molar-refractivity contribution in [2.75, 3.05) is 0 Å². The molecule has 0 radical (unpaired) electrons. The molecule has 0 aromatic rings. The van der Waals surface area contributed by atoms with Crippen LogP contribution in [-0.2, 0) is 0 Å². The van der Waals surface area contributed by atoms with Gasteiger partial charge in [0.05, 0.1) is 0 Å². The molecule has 0 aromatic heterocycles. The Balaban J connectivity index is 2.77. The van der Waals surface area contributed by atoms with Crippen molar-refractivity contribution >= 4 is 12.4 Å². The molecule has 0 aliphatic carbocycles. The fraction of sp³-hybridized carbons (Fsp3) is 0.500. The second-order valence-electron chi connectivity index (χ2n) is 1.53. The van der Waals surface area contributed by atoms with Crippen molar-refractivity contribution in [2.45, 2.75) is 12.8 Å². The summed E-state index contributed by atoms with van der Waals surface area (Å²) in [6.45, 7) is 1.52. The Morgan fingerprint density at radius 2 is 1.86 bits per heavy atom. The monoisotopic (exact) mass is 98.0 g/mol. The van der Waals surface area contributed by atoms with Gasteiger partial charge in [0.2, 0.25) is 0 Å². The second-order valence-corrected chi connectivity index (χ2v) is 1.53. The van der Waals surface area contributed by atoms with Gasteiger partial charge in [-0.05, 0) is 0 Å². The maximum absolute atomic E-state index is 8.80. The lowest BCUT2D eigenvalue weighted by atomic mass is 10.5. The molecule has 38 valence electrons. The lowest BCUT2D eigenvalue weighted by Crippen LogP contribution is -2.13. The Hall–Kier alpha value is -0.700. The maximum atomic E-state index is 8.80. The van der Waals surface area contributed by atoms with Gasteiger partial charge in [0.25, 0.3) is 5.85 Å². The van der Waals surface area contributed by atoms with Crippen molar-refractivity contribution in [2.24, 2.45) is 9.98 Å². The third-order valence-corrected chi connectivity index (χ3v) is 0.705. The van der Waals surface area contributed by atoms with Gasteiger partial charge < -0.3 is 5.11 Å². The first-order valence-corrected chi connectivity index (χ1v) is 2.02. The van der Waals surface area contributed by atoms with Gasteiger partial charge in [0.1, 0.15) is 0 Å². The van der Waals surface area contributed by atoms with Crippen LogP contribution in [0.15, 0.2) is 9.98 Å². The zero-order valence-electron chi connectivity index (χ0n) is 4.00. The van der Waals surface area contributed by atoms with Crippen LogP contribution in [0.1, 0.15) is 6.92 Å². The quantitative estimate of drug-likeness (QED) is 0.448. The standard InChI is InChI=1S/C4H6N2O/c1-4(7)5-2-3-6-4/h2-3,7H,1H3. The van der Waals surface area contributed by atoms with Crippen molar-refractivity contribution in [3.05, 3.63) is 0 Å². The van der Waals surface area contributed by atoms with Gasteiger partial charge in [-0.3, -0.25) is 0 Å². The first kappa shape index (κ1) is 4.46. The molecule has 0 bridgehead atoms. The minimum Gasteiger partial charge on any atom is -0.352 e. The van der Waals surface area contributed by atoms with Gasteiger partial charge in [-0.15, -0.1) is 0 Å². The Morgan fingerprint density at radius 1 is 1.43 bits per heavy atom. The molecule has 0 unspecified atom stereocenters. The molecular formula is C4H6N2O. The highest BCUT2D eigenvalue weighted by Gasteiger charge is 2.15. The van der Waals surface area contributed by atoms with Crippen LogP contribution in [0.2, 0.25) is 0 Å². The first-order chi connectivity index (χ1) is 3.21. The molecule has 0 atom stereocenters. The molecule has 1 aliphatic rings. The van der Waals surface area contributed by atoms with Crippen molar-refractivity contribution in [1.82, 2.24) is 0 Å². The fourth-order valence-corrected chi connectivity index (χ4v) is 0.382. The van der Waals surface area contributed by atoms with Gasteiger partial charge in [0.15, 0.2) is 0 Å². The molecule has 3 nitrogen and oxygen atoms in total. The fourth-order valence-electron chi connectivity index (χ4n) is 0.382. The van der Waals surface area contributed by atoms with E-state index in [1.165, 1.54) is 19.4 Å². The van der Waals surface area contributed by atoms with Gasteiger partial charge in [-0.25, -0.2) is 9.98 Å². The van der Waals surface area contributed by atoms with Crippen molar-refractivity contribution in [1.29, 1.82) is 0 Å². The summed E-state index contributed by atoms with van der Waals surface area (Å²) in [6, 6.07) is 0. The topological polar surface area (TPSA) is 45.0 Å². The minimum atomic E-state index is -1.17. The molecule has 0 spiro atoms. The smallest absolute Gasteiger partial charge is 0.251 e. The van der Waals surface area contributed by atoms with Gasteiger partial charge in [-0.1, -0.05) is 0 Å². The van der Waals surface area contributed by atoms with E-state index in [0.29, 0.717) is 0 Å². The Morgan fingerprint density at radius 3 is 2.00 bits per heavy atom. The molecule has 1 aliphatic heterocycles. The molecule has 0 amide bonds. The van der Waals surface area contributed by atoms with E-state index in [4.69, 9.17) is 5.11 Å². The van der Waals surface area contributed by atoms with Crippen LogP contribution in [0.3, 0.4) is 0 Å². The average Bonchev–Trinajstić information content (AvgIpc) is 1.84. The molecule has 3 heteroatoms. The van der Waals surface area contributed by atoms with Crippen LogP contribution in [0.25, 0.3) is 0 Å². The largest absolute Gasteiger partial charge is 0.352 e. The van der Waals surface area contributed by atoms with Crippen LogP contribution < -0.4 is 0 Å². The summed E-state index contributed by atoms with van der Waals surface area (Å²) in [7, 11) is 0. The highest BCUT2D eigenvalue weighted by atomic mass is 16.3. The van der Waals surface area contributed by atoms with E-state index in [9.17, 15) is 0 Å². The Bertz CT molecular complexity index is 112. The van der Waals surface area contributed by atoms with E-state index < -0.39 is 5.85 Å². The summed E-state index contributed by atoms with van der Waals surface area (Å²) in [5, 5.41) is 8.80. The van der Waals surface area contributed by atoms with E-state index in [2.05, 4.69) is 9.98 Å². The summed E-state index contributed by atoms with van der Waals surface area (Å²) in [4.78, 5) is 7.15. The number of aliphatic hydroxyl groups is 1. The Labute approximate surface area is 41.4 Å². The SMILES string of the molecule is CC1(O)N=CC=N1. The van der Waals surface area contributed by atoms with Gasteiger partial charge in [-0.2, -0.15) is 0 Å². The number of hydrogen-bond donors (Lipinski definition) is 1. The molecular weight excluding hydrogens is 92.1 g/mol. The molecule has 0 saturated heterocycles. The van der Waals surface area contributed by atoms with Crippen LogP contribution >= 0.6 is 0 Å². The molecule has 1 rings (SSSR count). The van der Waals surface area contributed by atoms with Crippen molar-refractivity contribution < 1.29 is 5.11 Å². The number of aliphatic imine (C=N–C) groups is 2. The van der Waals surface area contributed by atoms with Crippen LogP contribution in [0.4, 0.5) is 0 Å². The van der Waals surface area contributed by atoms with Gasteiger partial charge >= 0.3 is 0 Å². The van der Waals surface area contributed by atoms with Crippen molar-refractivity contribution in [3.8, 4) is 0 Å². The lowest BCUT2D eigenvalue weighted by Gasteiger charge is -2.04. The van der Waals surface area contributed by atoms with E-state index in [1.807, 2.05) is 0 Å². The van der Waals surface area contributed by atoms with Crippen molar-refractivity contribution in [3.63, 3.8) is 0 Å². The number of rotatable bonds is 0. The summed E-state index contributed by atoms with van der Waals surface area (Å²) in [5.41, 5.74) is 0. The molecule has 1 N–H and O–H groups in total. The minimum absolute atomic E-state index is 1.17. The van der Waals surface area contributed by atoms with E-state index in [0.717, 1.165) is 0 Å². The maximum Gasteiger partial charge on any atom is 0.251 e. The number of nitrogens with zero attached hydrogens (tertiary/aromatic N) is 2. The normalized spacial score (nSPS) is 23.7. The second kappa shape index (κ2) is 1.13. The summed E-state index contributed by atoms with van der Waals surface area (Å²) >= 11 is 0. The lowest BCUT2D eigenvalue weighted by molar-refractivity contribution is 0.0843. The van der Waals surface area contributed by atoms with E-state index in [1.54, 1.807) is 0 Å². The third-order valence-electron chi connectivity index (χ3n) is 0.705. The third kappa shape index (κ3) is 0.838. The zero-order chi connectivity index (χ0) is 5.33. The molecule has 7 heavy (non-hydrogen) atoms. The van der Waals surface area contributed by atoms with E-state index in [-0.39, 0.29) is 0 Å². The Kier molecular flexibility index (Phi) is 0.722. The summed E-state index contributed by atoms with van der Waals surface area (Å²) < 4.78 is 0. The predicted molar refractivity (Wildman–Crippen MR) is 27.6 cm³/mol. The van der Waals surface area contributed by atoms with Crippen LogP contribution in [-0.4, -0.2) is 23.4 Å². The van der Waals surface area contributed by atoms with E-state index >= 15 is 0 Å². The highest BCUT2D eigenvalue weighted by molar-refractivity contribution is 6.17. The highest BCUT2D eigenvalue weighted by Crippen LogP contribution is 2.07. The summed E-state index contributed by atoms with van der Waals surface area (Å²) in [5.74, 6) is -1.17. The molecule has 0 aromatic carbocycles. The van der Waals surface area contributed by atoms with Crippen LogP contribution in [0.5, 0.6) is 0 Å². The molecule has 0 saturated carbocycles. The predicted octanol–water partition coefficient (Wildman–Crippen LogP) is -0.192. The zero-order valence-corrected chi connectivity index (χ0v) is 4.00.